The van der Waals surface area contributed by atoms with Gasteiger partial charge in [0.15, 0.2) is 0 Å². The number of carbonyl (C=O) groups is 1. The van der Waals surface area contributed by atoms with Crippen molar-refractivity contribution in [3.05, 3.63) is 0 Å². The van der Waals surface area contributed by atoms with E-state index in [1.807, 2.05) is 0 Å². The highest BCUT2D eigenvalue weighted by molar-refractivity contribution is 5.77. The molecule has 0 spiro atoms. The number of piperazine rings is 1. The summed E-state index contributed by atoms with van der Waals surface area (Å²) in [6.45, 7) is 2.57. The number of hydrogen-bond acceptors (Lipinski definition) is 4. The van der Waals surface area contributed by atoms with Crippen LogP contribution in [0.2, 0.25) is 0 Å². The van der Waals surface area contributed by atoms with Gasteiger partial charge in [-0.25, -0.2) is 0 Å². The second-order valence-corrected chi connectivity index (χ2v) is 4.99. The third kappa shape index (κ3) is 2.97. The predicted molar refractivity (Wildman–Crippen MR) is 63.5 cm³/mol. The van der Waals surface area contributed by atoms with Crippen molar-refractivity contribution in [2.45, 2.75) is 37.8 Å². The maximum Gasteiger partial charge on any atom is 0.248 e. The normalized spacial score (nSPS) is 31.5. The van der Waals surface area contributed by atoms with Crippen LogP contribution in [0.1, 0.15) is 25.7 Å². The Labute approximate surface area is 102 Å². The lowest BCUT2D eigenvalue weighted by atomic mass is 9.91. The highest BCUT2D eigenvalue weighted by Crippen LogP contribution is 2.24. The molecule has 1 saturated heterocycles. The molecule has 0 aromatic heterocycles. The Bertz CT molecular complexity index is 264. The van der Waals surface area contributed by atoms with E-state index in [9.17, 15) is 9.90 Å². The van der Waals surface area contributed by atoms with Crippen molar-refractivity contribution in [1.82, 2.24) is 9.80 Å². The third-order valence-corrected chi connectivity index (χ3v) is 3.97. The highest BCUT2D eigenvalue weighted by Gasteiger charge is 2.31. The zero-order chi connectivity index (χ0) is 12.3. The lowest BCUT2D eigenvalue weighted by Crippen LogP contribution is -2.55. The van der Waals surface area contributed by atoms with E-state index in [-0.39, 0.29) is 18.1 Å². The Kier molecular flexibility index (Phi) is 4.36. The Morgan fingerprint density at radius 3 is 2.35 bits per heavy atom. The van der Waals surface area contributed by atoms with Crippen LogP contribution in [0, 0.1) is 0 Å². The molecule has 1 aliphatic carbocycles. The molecule has 1 amide bonds. The van der Waals surface area contributed by atoms with Gasteiger partial charge in [-0.15, -0.1) is 0 Å². The summed E-state index contributed by atoms with van der Waals surface area (Å²) in [4.78, 5) is 15.3. The molecule has 17 heavy (non-hydrogen) atoms. The van der Waals surface area contributed by atoms with E-state index >= 15 is 0 Å². The van der Waals surface area contributed by atoms with Crippen molar-refractivity contribution in [1.29, 1.82) is 0 Å². The minimum absolute atomic E-state index is 0.186. The van der Waals surface area contributed by atoms with Gasteiger partial charge in [-0.1, -0.05) is 12.8 Å². The summed E-state index contributed by atoms with van der Waals surface area (Å²) in [7, 11) is 0. The Morgan fingerprint density at radius 1 is 1.12 bits per heavy atom. The summed E-state index contributed by atoms with van der Waals surface area (Å²) in [6.07, 6.45) is 4.08. The van der Waals surface area contributed by atoms with Gasteiger partial charge in [0.1, 0.15) is 6.61 Å². The fraction of sp³-hybridized carbons (Fsp3) is 0.917. The summed E-state index contributed by atoms with van der Waals surface area (Å²) >= 11 is 0. The number of rotatable bonds is 2. The van der Waals surface area contributed by atoms with Crippen LogP contribution in [0.25, 0.3) is 0 Å². The molecule has 2 fully saturated rings. The van der Waals surface area contributed by atoms with Crippen LogP contribution in [0.4, 0.5) is 0 Å². The summed E-state index contributed by atoms with van der Waals surface area (Å²) in [6, 6.07) is 0.273. The average molecular weight is 242 g/mol. The summed E-state index contributed by atoms with van der Waals surface area (Å²) in [5, 5.41) is 18.8. The quantitative estimate of drug-likeness (QED) is 0.680. The van der Waals surface area contributed by atoms with Gasteiger partial charge in [0, 0.05) is 32.2 Å². The van der Waals surface area contributed by atoms with Crippen LogP contribution in [-0.4, -0.2) is 70.9 Å². The van der Waals surface area contributed by atoms with Gasteiger partial charge in [0.05, 0.1) is 6.10 Å². The molecule has 5 nitrogen and oxygen atoms in total. The molecule has 2 atom stereocenters. The second-order valence-electron chi connectivity index (χ2n) is 4.99. The molecule has 0 aromatic carbocycles. The van der Waals surface area contributed by atoms with Gasteiger partial charge >= 0.3 is 0 Å². The van der Waals surface area contributed by atoms with Crippen molar-refractivity contribution in [2.24, 2.45) is 0 Å². The molecular weight excluding hydrogens is 220 g/mol. The smallest absolute Gasteiger partial charge is 0.248 e. The van der Waals surface area contributed by atoms with Gasteiger partial charge in [-0.05, 0) is 12.8 Å². The van der Waals surface area contributed by atoms with Crippen LogP contribution in [-0.2, 0) is 4.79 Å². The maximum absolute atomic E-state index is 11.3. The van der Waals surface area contributed by atoms with Crippen LogP contribution in [0.3, 0.4) is 0 Å². The van der Waals surface area contributed by atoms with Crippen molar-refractivity contribution >= 4 is 5.91 Å². The number of aliphatic hydroxyl groups excluding tert-OH is 2. The summed E-state index contributed by atoms with van der Waals surface area (Å²) in [5.74, 6) is -0.186. The minimum Gasteiger partial charge on any atom is -0.391 e. The van der Waals surface area contributed by atoms with E-state index in [2.05, 4.69) is 4.90 Å². The van der Waals surface area contributed by atoms with E-state index in [0.29, 0.717) is 13.1 Å². The third-order valence-electron chi connectivity index (χ3n) is 3.97. The molecule has 1 aliphatic heterocycles. The molecule has 0 radical (unpaired) electrons. The first-order valence-electron chi connectivity index (χ1n) is 6.53. The zero-order valence-corrected chi connectivity index (χ0v) is 10.2. The second kappa shape index (κ2) is 5.80. The Morgan fingerprint density at radius 2 is 1.76 bits per heavy atom. The minimum atomic E-state index is -0.397. The van der Waals surface area contributed by atoms with Crippen molar-refractivity contribution in [2.75, 3.05) is 32.8 Å². The van der Waals surface area contributed by atoms with Crippen LogP contribution < -0.4 is 0 Å². The molecule has 5 heteroatoms. The van der Waals surface area contributed by atoms with Gasteiger partial charge in [0.25, 0.3) is 0 Å². The van der Waals surface area contributed by atoms with Crippen LogP contribution >= 0.6 is 0 Å². The largest absolute Gasteiger partial charge is 0.391 e. The average Bonchev–Trinajstić information content (AvgIpc) is 2.39. The van der Waals surface area contributed by atoms with Gasteiger partial charge in [0.2, 0.25) is 5.91 Å². The number of hydrogen-bond donors (Lipinski definition) is 2. The molecular formula is C12H22N2O3. The molecule has 2 rings (SSSR count). The van der Waals surface area contributed by atoms with E-state index < -0.39 is 6.61 Å². The molecule has 1 saturated carbocycles. The van der Waals surface area contributed by atoms with Gasteiger partial charge < -0.3 is 15.1 Å². The number of carbonyl (C=O) groups excluding carboxylic acids is 1. The van der Waals surface area contributed by atoms with E-state index in [0.717, 1.165) is 32.4 Å². The predicted octanol–water partition coefficient (Wildman–Crippen LogP) is -0.574. The molecule has 2 N–H and O–H groups in total. The van der Waals surface area contributed by atoms with E-state index in [4.69, 9.17) is 5.11 Å². The molecule has 2 unspecified atom stereocenters. The first-order valence-corrected chi connectivity index (χ1v) is 6.53. The summed E-state index contributed by atoms with van der Waals surface area (Å²) in [5.41, 5.74) is 0. The fourth-order valence-corrected chi connectivity index (χ4v) is 2.92. The first kappa shape index (κ1) is 12.8. The standard InChI is InChI=1S/C12H22N2O3/c15-9-12(17)14-7-5-13(6-8-14)10-3-1-2-4-11(10)16/h10-11,15-16H,1-9H2. The molecule has 1 heterocycles. The van der Waals surface area contributed by atoms with E-state index in [1.165, 1.54) is 6.42 Å². The lowest BCUT2D eigenvalue weighted by Gasteiger charge is -2.42. The topological polar surface area (TPSA) is 64.0 Å². The molecule has 0 bridgehead atoms. The summed E-state index contributed by atoms with van der Waals surface area (Å²) < 4.78 is 0. The van der Waals surface area contributed by atoms with Gasteiger partial charge in [-0.3, -0.25) is 9.69 Å². The Hall–Kier alpha value is -0.650. The van der Waals surface area contributed by atoms with Crippen molar-refractivity contribution in [3.63, 3.8) is 0 Å². The molecule has 2 aliphatic rings. The number of nitrogens with zero attached hydrogens (tertiary/aromatic N) is 2. The van der Waals surface area contributed by atoms with Crippen LogP contribution in [0.5, 0.6) is 0 Å². The van der Waals surface area contributed by atoms with E-state index in [1.54, 1.807) is 4.90 Å². The first-order chi connectivity index (χ1) is 8.22. The highest BCUT2D eigenvalue weighted by atomic mass is 16.3. The Balaban J connectivity index is 1.83. The molecule has 0 aromatic rings. The van der Waals surface area contributed by atoms with Crippen molar-refractivity contribution in [3.8, 4) is 0 Å². The zero-order valence-electron chi connectivity index (χ0n) is 10.2. The number of aliphatic hydroxyl groups is 2. The van der Waals surface area contributed by atoms with Crippen LogP contribution in [0.15, 0.2) is 0 Å². The molecule has 98 valence electrons. The maximum atomic E-state index is 11.3. The number of amides is 1. The lowest BCUT2D eigenvalue weighted by molar-refractivity contribution is -0.136. The fourth-order valence-electron chi connectivity index (χ4n) is 2.92. The van der Waals surface area contributed by atoms with Gasteiger partial charge in [-0.2, -0.15) is 0 Å². The van der Waals surface area contributed by atoms with Crippen molar-refractivity contribution < 1.29 is 15.0 Å². The monoisotopic (exact) mass is 242 g/mol. The SMILES string of the molecule is O=C(CO)N1CCN(C2CCCCC2O)CC1.